The molecular weight excluding hydrogens is 246 g/mol. The van der Waals surface area contributed by atoms with E-state index in [1.54, 1.807) is 11.3 Å². The van der Waals surface area contributed by atoms with Crippen molar-refractivity contribution < 1.29 is 9.53 Å². The van der Waals surface area contributed by atoms with Gasteiger partial charge in [-0.25, -0.2) is 4.79 Å². The Bertz CT molecular complexity index is 465. The van der Waals surface area contributed by atoms with Crippen LogP contribution in [-0.2, 0) is 4.74 Å². The summed E-state index contributed by atoms with van der Waals surface area (Å²) in [5, 5.41) is 0.617. The summed E-state index contributed by atoms with van der Waals surface area (Å²) in [6.45, 7) is 8.10. The lowest BCUT2D eigenvalue weighted by molar-refractivity contribution is 0.0377. The van der Waals surface area contributed by atoms with Crippen LogP contribution in [0, 0.1) is 0 Å². The third kappa shape index (κ3) is 2.26. The zero-order chi connectivity index (χ0) is 13.4. The van der Waals surface area contributed by atoms with Gasteiger partial charge in [-0.1, -0.05) is 13.8 Å². The summed E-state index contributed by atoms with van der Waals surface area (Å²) in [5.74, 6) is 0.643. The summed E-state index contributed by atoms with van der Waals surface area (Å²) < 4.78 is 5.31. The van der Waals surface area contributed by atoms with Gasteiger partial charge in [-0.2, -0.15) is 0 Å². The number of hydrogen-bond donors (Lipinski definition) is 1. The second-order valence-electron chi connectivity index (χ2n) is 5.45. The Labute approximate surface area is 112 Å². The molecule has 1 heterocycles. The van der Waals surface area contributed by atoms with Gasteiger partial charge in [-0.3, -0.25) is 0 Å². The number of anilines is 1. The van der Waals surface area contributed by atoms with Crippen molar-refractivity contribution in [2.75, 3.05) is 5.73 Å². The number of carbonyl (C=O) groups is 1. The monoisotopic (exact) mass is 267 g/mol. The molecule has 2 unspecified atom stereocenters. The van der Waals surface area contributed by atoms with Crippen LogP contribution >= 0.6 is 11.3 Å². The average molecular weight is 267 g/mol. The molecule has 0 spiro atoms. The van der Waals surface area contributed by atoms with Crippen molar-refractivity contribution in [3.63, 3.8) is 0 Å². The molecule has 100 valence electrons. The molecule has 0 bridgehead atoms. The van der Waals surface area contributed by atoms with E-state index in [-0.39, 0.29) is 12.1 Å². The minimum atomic E-state index is -0.263. The Morgan fingerprint density at radius 1 is 1.33 bits per heavy atom. The van der Waals surface area contributed by atoms with Crippen LogP contribution in [0.5, 0.6) is 0 Å². The van der Waals surface area contributed by atoms with Gasteiger partial charge in [0.2, 0.25) is 0 Å². The van der Waals surface area contributed by atoms with Gasteiger partial charge in [-0.05, 0) is 44.1 Å². The summed E-state index contributed by atoms with van der Waals surface area (Å²) in [4.78, 5) is 13.4. The van der Waals surface area contributed by atoms with E-state index < -0.39 is 0 Å². The predicted molar refractivity (Wildman–Crippen MR) is 75.3 cm³/mol. The lowest BCUT2D eigenvalue weighted by Gasteiger charge is -2.24. The molecule has 1 aromatic rings. The number of nitrogen functional groups attached to an aromatic ring is 1. The highest BCUT2D eigenvalue weighted by Crippen LogP contribution is 2.47. The largest absolute Gasteiger partial charge is 0.459 e. The standard InChI is InChI=1S/C14H21NO2S/c1-7(2)17-14(16)11-10-8(3)5-6-9(4)12(10)18-13(11)15/h7-9H,5-6,15H2,1-4H3. The Kier molecular flexibility index (Phi) is 3.66. The minimum absolute atomic E-state index is 0.108. The molecular formula is C14H21NO2S. The van der Waals surface area contributed by atoms with Crippen molar-refractivity contribution >= 4 is 22.3 Å². The summed E-state index contributed by atoms with van der Waals surface area (Å²) in [7, 11) is 0. The number of ether oxygens (including phenoxy) is 1. The Morgan fingerprint density at radius 3 is 2.56 bits per heavy atom. The molecule has 0 radical (unpaired) electrons. The van der Waals surface area contributed by atoms with Crippen LogP contribution in [0.25, 0.3) is 0 Å². The van der Waals surface area contributed by atoms with E-state index in [2.05, 4.69) is 13.8 Å². The number of hydrogen-bond acceptors (Lipinski definition) is 4. The molecule has 3 nitrogen and oxygen atoms in total. The van der Waals surface area contributed by atoms with Crippen LogP contribution in [0.1, 0.15) is 73.2 Å². The van der Waals surface area contributed by atoms with E-state index in [0.29, 0.717) is 22.4 Å². The number of carbonyl (C=O) groups excluding carboxylic acids is 1. The van der Waals surface area contributed by atoms with Crippen LogP contribution in [0.2, 0.25) is 0 Å². The summed E-state index contributed by atoms with van der Waals surface area (Å²) in [6.07, 6.45) is 2.18. The van der Waals surface area contributed by atoms with Crippen molar-refractivity contribution in [1.82, 2.24) is 0 Å². The van der Waals surface area contributed by atoms with E-state index in [4.69, 9.17) is 10.5 Å². The highest BCUT2D eigenvalue weighted by molar-refractivity contribution is 7.16. The molecule has 0 aromatic carbocycles. The van der Waals surface area contributed by atoms with Crippen molar-refractivity contribution in [1.29, 1.82) is 0 Å². The molecule has 2 rings (SSSR count). The number of thiophene rings is 1. The maximum absolute atomic E-state index is 12.2. The maximum atomic E-state index is 12.2. The zero-order valence-electron chi connectivity index (χ0n) is 11.4. The first-order chi connectivity index (χ1) is 8.41. The van der Waals surface area contributed by atoms with Crippen molar-refractivity contribution in [2.24, 2.45) is 0 Å². The van der Waals surface area contributed by atoms with Gasteiger partial charge in [0.25, 0.3) is 0 Å². The van der Waals surface area contributed by atoms with E-state index in [1.165, 1.54) is 11.3 Å². The second kappa shape index (κ2) is 4.92. The molecule has 1 aromatic heterocycles. The third-order valence-electron chi connectivity index (χ3n) is 3.52. The zero-order valence-corrected chi connectivity index (χ0v) is 12.3. The normalized spacial score (nSPS) is 22.9. The van der Waals surface area contributed by atoms with Crippen molar-refractivity contribution in [3.05, 3.63) is 16.0 Å². The van der Waals surface area contributed by atoms with E-state index in [1.807, 2.05) is 13.8 Å². The van der Waals surface area contributed by atoms with Crippen LogP contribution in [0.3, 0.4) is 0 Å². The van der Waals surface area contributed by atoms with Gasteiger partial charge in [0.1, 0.15) is 5.00 Å². The van der Waals surface area contributed by atoms with Gasteiger partial charge in [-0.15, -0.1) is 11.3 Å². The SMILES string of the molecule is CC(C)OC(=O)c1c(N)sc2c1C(C)CCC2C. The van der Waals surface area contributed by atoms with Gasteiger partial charge < -0.3 is 10.5 Å². The first-order valence-corrected chi connectivity index (χ1v) is 7.36. The van der Waals surface area contributed by atoms with Gasteiger partial charge in [0, 0.05) is 4.88 Å². The fourth-order valence-electron chi connectivity index (χ4n) is 2.59. The topological polar surface area (TPSA) is 52.3 Å². The highest BCUT2D eigenvalue weighted by atomic mass is 32.1. The Balaban J connectivity index is 2.45. The van der Waals surface area contributed by atoms with E-state index >= 15 is 0 Å². The molecule has 4 heteroatoms. The average Bonchev–Trinajstić information content (AvgIpc) is 2.61. The minimum Gasteiger partial charge on any atom is -0.459 e. The lowest BCUT2D eigenvalue weighted by atomic mass is 9.81. The fraction of sp³-hybridized carbons (Fsp3) is 0.643. The number of nitrogens with two attached hydrogens (primary N) is 1. The van der Waals surface area contributed by atoms with Crippen LogP contribution in [0.4, 0.5) is 5.00 Å². The molecule has 18 heavy (non-hydrogen) atoms. The summed E-state index contributed by atoms with van der Waals surface area (Å²) in [5.41, 5.74) is 7.81. The molecule has 0 fully saturated rings. The number of rotatable bonds is 2. The van der Waals surface area contributed by atoms with Crippen molar-refractivity contribution in [2.45, 2.75) is 58.5 Å². The highest BCUT2D eigenvalue weighted by Gasteiger charge is 2.32. The number of esters is 1. The molecule has 1 aliphatic rings. The molecule has 0 saturated carbocycles. The molecule has 0 saturated heterocycles. The molecule has 2 atom stereocenters. The molecule has 2 N–H and O–H groups in total. The van der Waals surface area contributed by atoms with E-state index in [0.717, 1.165) is 12.0 Å². The predicted octanol–water partition coefficient (Wildman–Crippen LogP) is 3.90. The van der Waals surface area contributed by atoms with Crippen molar-refractivity contribution in [3.8, 4) is 0 Å². The summed E-state index contributed by atoms with van der Waals surface area (Å²) >= 11 is 1.56. The molecule has 0 aliphatic heterocycles. The summed E-state index contributed by atoms with van der Waals surface area (Å²) in [6, 6.07) is 0. The Morgan fingerprint density at radius 2 is 1.94 bits per heavy atom. The fourth-order valence-corrected chi connectivity index (χ4v) is 3.86. The van der Waals surface area contributed by atoms with E-state index in [9.17, 15) is 4.79 Å². The third-order valence-corrected chi connectivity index (χ3v) is 4.79. The van der Waals surface area contributed by atoms with Gasteiger partial charge in [0.15, 0.2) is 0 Å². The van der Waals surface area contributed by atoms with Crippen LogP contribution < -0.4 is 5.73 Å². The Hall–Kier alpha value is -1.03. The quantitative estimate of drug-likeness (QED) is 0.827. The number of fused-ring (bicyclic) bond motifs is 1. The lowest BCUT2D eigenvalue weighted by Crippen LogP contribution is -2.17. The molecule has 1 aliphatic carbocycles. The first-order valence-electron chi connectivity index (χ1n) is 6.54. The smallest absolute Gasteiger partial charge is 0.341 e. The van der Waals surface area contributed by atoms with Gasteiger partial charge >= 0.3 is 5.97 Å². The molecule has 0 amide bonds. The maximum Gasteiger partial charge on any atom is 0.341 e. The van der Waals surface area contributed by atoms with Gasteiger partial charge in [0.05, 0.1) is 11.7 Å². The van der Waals surface area contributed by atoms with Crippen LogP contribution in [-0.4, -0.2) is 12.1 Å². The van der Waals surface area contributed by atoms with Crippen LogP contribution in [0.15, 0.2) is 0 Å². The second-order valence-corrected chi connectivity index (χ2v) is 6.54. The first kappa shape index (κ1) is 13.4.